The quantitative estimate of drug-likeness (QED) is 0.833. The van der Waals surface area contributed by atoms with Crippen molar-refractivity contribution in [2.24, 2.45) is 11.8 Å². The highest BCUT2D eigenvalue weighted by Gasteiger charge is 2.26. The van der Waals surface area contributed by atoms with E-state index >= 15 is 0 Å². The zero-order valence-corrected chi connectivity index (χ0v) is 16.6. The fraction of sp³-hybridized carbons (Fsp3) is 0.714. The molecule has 1 aromatic rings. The summed E-state index contributed by atoms with van der Waals surface area (Å²) in [5.74, 6) is 1.09. The van der Waals surface area contributed by atoms with E-state index in [0.29, 0.717) is 29.9 Å². The van der Waals surface area contributed by atoms with Gasteiger partial charge in [-0.2, -0.15) is 0 Å². The second kappa shape index (κ2) is 9.29. The Morgan fingerprint density at radius 1 is 1.19 bits per heavy atom. The van der Waals surface area contributed by atoms with E-state index in [2.05, 4.69) is 29.1 Å². The molecule has 1 aliphatic heterocycles. The molecule has 148 valence electrons. The molecule has 2 aliphatic rings. The first-order chi connectivity index (χ1) is 13.0. The minimum atomic E-state index is -0.0398. The third kappa shape index (κ3) is 5.50. The third-order valence-corrected chi connectivity index (χ3v) is 5.76. The zero-order chi connectivity index (χ0) is 19.2. The lowest BCUT2D eigenvalue weighted by Gasteiger charge is -2.32. The topological polar surface area (TPSA) is 75.2 Å². The van der Waals surface area contributed by atoms with Crippen molar-refractivity contribution in [1.29, 1.82) is 0 Å². The van der Waals surface area contributed by atoms with E-state index in [1.54, 1.807) is 6.20 Å². The molecule has 6 heteroatoms. The van der Waals surface area contributed by atoms with Crippen molar-refractivity contribution in [2.45, 2.75) is 71.3 Å². The highest BCUT2D eigenvalue weighted by molar-refractivity contribution is 5.95. The number of rotatable bonds is 6. The van der Waals surface area contributed by atoms with E-state index in [9.17, 15) is 9.59 Å². The molecule has 1 saturated carbocycles. The van der Waals surface area contributed by atoms with Crippen molar-refractivity contribution in [2.75, 3.05) is 13.1 Å². The Labute approximate surface area is 162 Å². The van der Waals surface area contributed by atoms with Gasteiger partial charge in [-0.25, -0.2) is 9.97 Å². The number of aromatic nitrogens is 2. The van der Waals surface area contributed by atoms with Gasteiger partial charge in [0, 0.05) is 31.7 Å². The van der Waals surface area contributed by atoms with Gasteiger partial charge in [0.15, 0.2) is 0 Å². The number of nitrogens with zero attached hydrogens (tertiary/aromatic N) is 3. The number of amides is 2. The number of carbonyl (C=O) groups is 2. The molecule has 1 saturated heterocycles. The van der Waals surface area contributed by atoms with Crippen LogP contribution < -0.4 is 5.32 Å². The van der Waals surface area contributed by atoms with Gasteiger partial charge in [0.05, 0.1) is 11.3 Å². The van der Waals surface area contributed by atoms with Gasteiger partial charge >= 0.3 is 0 Å². The molecule has 1 aromatic heterocycles. The average Bonchev–Trinajstić information content (AvgIpc) is 3.15. The predicted octanol–water partition coefficient (Wildman–Crippen LogP) is 2.98. The van der Waals surface area contributed by atoms with E-state index in [-0.39, 0.29) is 11.8 Å². The molecular formula is C21H32N4O2. The Hall–Kier alpha value is -1.98. The number of likely N-dealkylation sites (tertiary alicyclic amines) is 1. The first-order valence-electron chi connectivity index (χ1n) is 10.4. The molecule has 0 aromatic carbocycles. The number of nitrogens with one attached hydrogen (secondary N) is 1. The lowest BCUT2D eigenvalue weighted by Crippen LogP contribution is -2.39. The molecule has 0 spiro atoms. The average molecular weight is 373 g/mol. The Morgan fingerprint density at radius 2 is 1.89 bits per heavy atom. The summed E-state index contributed by atoms with van der Waals surface area (Å²) in [4.78, 5) is 35.4. The summed E-state index contributed by atoms with van der Waals surface area (Å²) in [6.07, 6.45) is 11.0. The molecule has 0 bridgehead atoms. The number of carbonyl (C=O) groups excluding carboxylic acids is 2. The molecule has 2 fully saturated rings. The van der Waals surface area contributed by atoms with Crippen molar-refractivity contribution in [1.82, 2.24) is 20.2 Å². The van der Waals surface area contributed by atoms with Gasteiger partial charge in [0.2, 0.25) is 5.91 Å². The van der Waals surface area contributed by atoms with Gasteiger partial charge in [-0.05, 0) is 43.9 Å². The van der Waals surface area contributed by atoms with Gasteiger partial charge in [-0.1, -0.05) is 26.7 Å². The van der Waals surface area contributed by atoms with Crippen LogP contribution in [0.4, 0.5) is 0 Å². The second-order valence-electron chi connectivity index (χ2n) is 8.46. The van der Waals surface area contributed by atoms with Gasteiger partial charge in [0.25, 0.3) is 5.91 Å². The van der Waals surface area contributed by atoms with Crippen molar-refractivity contribution in [3.63, 3.8) is 0 Å². The smallest absolute Gasteiger partial charge is 0.254 e. The van der Waals surface area contributed by atoms with Gasteiger partial charge in [0.1, 0.15) is 6.33 Å². The number of piperidine rings is 1. The van der Waals surface area contributed by atoms with E-state index in [1.165, 1.54) is 19.2 Å². The minimum absolute atomic E-state index is 0.0398. The van der Waals surface area contributed by atoms with E-state index in [1.807, 2.05) is 4.90 Å². The van der Waals surface area contributed by atoms with Crippen LogP contribution in [0.15, 0.2) is 12.5 Å². The maximum absolute atomic E-state index is 12.7. The third-order valence-electron chi connectivity index (χ3n) is 5.76. The molecule has 27 heavy (non-hydrogen) atoms. The van der Waals surface area contributed by atoms with Gasteiger partial charge < -0.3 is 10.2 Å². The Morgan fingerprint density at radius 3 is 2.56 bits per heavy atom. The van der Waals surface area contributed by atoms with Crippen molar-refractivity contribution in [3.8, 4) is 0 Å². The molecule has 1 N–H and O–H groups in total. The first kappa shape index (κ1) is 19.8. The second-order valence-corrected chi connectivity index (χ2v) is 8.46. The molecule has 0 atom stereocenters. The zero-order valence-electron chi connectivity index (χ0n) is 16.6. The SMILES string of the molecule is CC(C)CC(=O)N1CCC(Cc2ncncc2C(=O)NC2CCCC2)CC1. The first-order valence-corrected chi connectivity index (χ1v) is 10.4. The van der Waals surface area contributed by atoms with Crippen LogP contribution in [-0.4, -0.2) is 45.8 Å². The molecule has 3 rings (SSSR count). The monoisotopic (exact) mass is 372 g/mol. The van der Waals surface area contributed by atoms with Crippen molar-refractivity contribution in [3.05, 3.63) is 23.8 Å². The fourth-order valence-electron chi connectivity index (χ4n) is 4.18. The fourth-order valence-corrected chi connectivity index (χ4v) is 4.18. The Bertz CT molecular complexity index is 647. The molecule has 0 unspecified atom stereocenters. The molecular weight excluding hydrogens is 340 g/mol. The van der Waals surface area contributed by atoms with Crippen LogP contribution in [0.25, 0.3) is 0 Å². The molecule has 1 aliphatic carbocycles. The minimum Gasteiger partial charge on any atom is -0.349 e. The summed E-state index contributed by atoms with van der Waals surface area (Å²) < 4.78 is 0. The largest absolute Gasteiger partial charge is 0.349 e. The Balaban J connectivity index is 1.55. The van der Waals surface area contributed by atoms with Crippen LogP contribution >= 0.6 is 0 Å². The summed E-state index contributed by atoms with van der Waals surface area (Å²) in [6.45, 7) is 5.78. The van der Waals surface area contributed by atoms with Crippen LogP contribution in [-0.2, 0) is 11.2 Å². The van der Waals surface area contributed by atoms with E-state index < -0.39 is 0 Å². The normalized spacial score (nSPS) is 18.9. The predicted molar refractivity (Wildman–Crippen MR) is 104 cm³/mol. The highest BCUT2D eigenvalue weighted by Crippen LogP contribution is 2.24. The van der Waals surface area contributed by atoms with Crippen molar-refractivity contribution >= 4 is 11.8 Å². The summed E-state index contributed by atoms with van der Waals surface area (Å²) >= 11 is 0. The Kier molecular flexibility index (Phi) is 6.80. The molecule has 0 radical (unpaired) electrons. The standard InChI is InChI=1S/C21H32N4O2/c1-15(2)11-20(26)25-9-7-16(8-10-25)12-19-18(13-22-14-23-19)21(27)24-17-5-3-4-6-17/h13-17H,3-12H2,1-2H3,(H,24,27). The van der Waals surface area contributed by atoms with Crippen LogP contribution in [0.2, 0.25) is 0 Å². The highest BCUT2D eigenvalue weighted by atomic mass is 16.2. The lowest BCUT2D eigenvalue weighted by molar-refractivity contribution is -0.133. The maximum Gasteiger partial charge on any atom is 0.254 e. The van der Waals surface area contributed by atoms with E-state index in [0.717, 1.165) is 50.9 Å². The summed E-state index contributed by atoms with van der Waals surface area (Å²) in [7, 11) is 0. The summed E-state index contributed by atoms with van der Waals surface area (Å²) in [6, 6.07) is 0.292. The van der Waals surface area contributed by atoms with Crippen LogP contribution in [0.5, 0.6) is 0 Å². The maximum atomic E-state index is 12.7. The summed E-state index contributed by atoms with van der Waals surface area (Å²) in [5, 5.41) is 3.14. The molecule has 2 amide bonds. The van der Waals surface area contributed by atoms with E-state index in [4.69, 9.17) is 0 Å². The lowest BCUT2D eigenvalue weighted by atomic mass is 9.90. The molecule has 2 heterocycles. The number of hydrogen-bond acceptors (Lipinski definition) is 4. The molecule has 6 nitrogen and oxygen atoms in total. The van der Waals surface area contributed by atoms with Crippen LogP contribution in [0.3, 0.4) is 0 Å². The van der Waals surface area contributed by atoms with Crippen LogP contribution in [0.1, 0.15) is 74.8 Å². The number of hydrogen-bond donors (Lipinski definition) is 1. The van der Waals surface area contributed by atoms with Crippen LogP contribution in [0, 0.1) is 11.8 Å². The van der Waals surface area contributed by atoms with Gasteiger partial charge in [-0.15, -0.1) is 0 Å². The summed E-state index contributed by atoms with van der Waals surface area (Å²) in [5.41, 5.74) is 1.45. The van der Waals surface area contributed by atoms with Crippen molar-refractivity contribution < 1.29 is 9.59 Å². The van der Waals surface area contributed by atoms with Gasteiger partial charge in [-0.3, -0.25) is 9.59 Å².